The lowest BCUT2D eigenvalue weighted by molar-refractivity contribution is 0.102. The van der Waals surface area contributed by atoms with Crippen LogP contribution in [0.3, 0.4) is 0 Å². The highest BCUT2D eigenvalue weighted by atomic mass is 35.5. The van der Waals surface area contributed by atoms with Gasteiger partial charge < -0.3 is 5.32 Å². The lowest BCUT2D eigenvalue weighted by atomic mass is 10.2. The topological polar surface area (TPSA) is 42.0 Å². The second-order valence-corrected chi connectivity index (χ2v) is 4.13. The molecule has 2 rings (SSSR count). The molecule has 0 aliphatic rings. The molecule has 1 N–H and O–H groups in total. The van der Waals surface area contributed by atoms with Crippen LogP contribution in [0.25, 0.3) is 0 Å². The summed E-state index contributed by atoms with van der Waals surface area (Å²) >= 11 is 5.98. The van der Waals surface area contributed by atoms with Crippen LogP contribution < -0.4 is 5.32 Å². The standard InChI is InChI=1S/C13H10ClFN2O/c1-8-4-2-6-10(14)11(8)17-13(18)9-5-3-7-16-12(9)15/h2-7H,1H3,(H,17,18). The Kier molecular flexibility index (Phi) is 3.58. The Morgan fingerprint density at radius 2 is 2.11 bits per heavy atom. The number of anilines is 1. The molecular formula is C13H10ClFN2O. The lowest BCUT2D eigenvalue weighted by Crippen LogP contribution is -2.15. The maximum Gasteiger partial charge on any atom is 0.260 e. The van der Waals surface area contributed by atoms with Gasteiger partial charge in [-0.15, -0.1) is 0 Å². The number of hydrogen-bond donors (Lipinski definition) is 1. The van der Waals surface area contributed by atoms with Crippen LogP contribution in [-0.2, 0) is 0 Å². The van der Waals surface area contributed by atoms with Crippen molar-refractivity contribution in [1.82, 2.24) is 4.98 Å². The summed E-state index contributed by atoms with van der Waals surface area (Å²) in [5, 5.41) is 2.99. The SMILES string of the molecule is Cc1cccc(Cl)c1NC(=O)c1cccnc1F. The quantitative estimate of drug-likeness (QED) is 0.845. The molecule has 0 saturated carbocycles. The monoisotopic (exact) mass is 264 g/mol. The van der Waals surface area contributed by atoms with E-state index < -0.39 is 11.9 Å². The molecule has 0 fully saturated rings. The minimum absolute atomic E-state index is 0.114. The molecule has 1 heterocycles. The van der Waals surface area contributed by atoms with Gasteiger partial charge in [-0.25, -0.2) is 4.98 Å². The van der Waals surface area contributed by atoms with Gasteiger partial charge in [-0.1, -0.05) is 23.7 Å². The van der Waals surface area contributed by atoms with E-state index in [1.54, 1.807) is 25.1 Å². The van der Waals surface area contributed by atoms with E-state index >= 15 is 0 Å². The van der Waals surface area contributed by atoms with Gasteiger partial charge in [0.2, 0.25) is 5.95 Å². The summed E-state index contributed by atoms with van der Waals surface area (Å²) < 4.78 is 13.3. The smallest absolute Gasteiger partial charge is 0.260 e. The number of hydrogen-bond acceptors (Lipinski definition) is 2. The number of amides is 1. The second-order valence-electron chi connectivity index (χ2n) is 3.73. The Hall–Kier alpha value is -1.94. The summed E-state index contributed by atoms with van der Waals surface area (Å²) in [7, 11) is 0. The fourth-order valence-corrected chi connectivity index (χ4v) is 1.80. The first kappa shape index (κ1) is 12.5. The van der Waals surface area contributed by atoms with Crippen LogP contribution in [0.2, 0.25) is 5.02 Å². The molecule has 0 saturated heterocycles. The number of carbonyl (C=O) groups is 1. The van der Waals surface area contributed by atoms with Gasteiger partial charge in [0, 0.05) is 6.20 Å². The number of aryl methyl sites for hydroxylation is 1. The summed E-state index contributed by atoms with van der Waals surface area (Å²) in [6, 6.07) is 8.10. The summed E-state index contributed by atoms with van der Waals surface area (Å²) in [6.45, 7) is 1.81. The number of halogens is 2. The van der Waals surface area contributed by atoms with E-state index in [1.807, 2.05) is 0 Å². The predicted octanol–water partition coefficient (Wildman–Crippen LogP) is 3.43. The largest absolute Gasteiger partial charge is 0.320 e. The molecule has 0 atom stereocenters. The van der Waals surface area contributed by atoms with Gasteiger partial charge in [0.25, 0.3) is 5.91 Å². The van der Waals surface area contributed by atoms with Crippen LogP contribution in [0.15, 0.2) is 36.5 Å². The number of pyridine rings is 1. The van der Waals surface area contributed by atoms with Crippen LogP contribution in [0, 0.1) is 12.9 Å². The molecule has 92 valence electrons. The summed E-state index contributed by atoms with van der Waals surface area (Å²) in [4.78, 5) is 15.3. The number of nitrogens with one attached hydrogen (secondary N) is 1. The maximum absolute atomic E-state index is 13.3. The number of carbonyl (C=O) groups excluding carboxylic acids is 1. The summed E-state index contributed by atoms with van der Waals surface area (Å²) in [5.41, 5.74) is 1.17. The van der Waals surface area contributed by atoms with Crippen molar-refractivity contribution in [3.8, 4) is 0 Å². The van der Waals surface area contributed by atoms with E-state index in [2.05, 4.69) is 10.3 Å². The van der Waals surface area contributed by atoms with Crippen molar-refractivity contribution < 1.29 is 9.18 Å². The molecule has 3 nitrogen and oxygen atoms in total. The molecule has 2 aromatic rings. The molecule has 0 radical (unpaired) electrons. The number of nitrogens with zero attached hydrogens (tertiary/aromatic N) is 1. The van der Waals surface area contributed by atoms with Crippen LogP contribution in [0.5, 0.6) is 0 Å². The van der Waals surface area contributed by atoms with Gasteiger partial charge >= 0.3 is 0 Å². The molecule has 18 heavy (non-hydrogen) atoms. The highest BCUT2D eigenvalue weighted by Crippen LogP contribution is 2.25. The zero-order chi connectivity index (χ0) is 13.1. The van der Waals surface area contributed by atoms with Crippen LogP contribution >= 0.6 is 11.6 Å². The molecule has 1 aromatic heterocycles. The fourth-order valence-electron chi connectivity index (χ4n) is 1.53. The van der Waals surface area contributed by atoms with E-state index in [0.29, 0.717) is 10.7 Å². The second kappa shape index (κ2) is 5.14. The van der Waals surface area contributed by atoms with Crippen LogP contribution in [0.1, 0.15) is 15.9 Å². The highest BCUT2D eigenvalue weighted by molar-refractivity contribution is 6.34. The first-order chi connectivity index (χ1) is 8.59. The molecule has 0 aliphatic heterocycles. The summed E-state index contributed by atoms with van der Waals surface area (Å²) in [6.07, 6.45) is 1.28. The molecular weight excluding hydrogens is 255 g/mol. The van der Waals surface area contributed by atoms with Crippen molar-refractivity contribution in [1.29, 1.82) is 0 Å². The van der Waals surface area contributed by atoms with Crippen molar-refractivity contribution in [3.63, 3.8) is 0 Å². The van der Waals surface area contributed by atoms with Gasteiger partial charge in [-0.2, -0.15) is 4.39 Å². The van der Waals surface area contributed by atoms with Gasteiger partial charge in [-0.05, 0) is 30.7 Å². The molecule has 5 heteroatoms. The van der Waals surface area contributed by atoms with E-state index in [0.717, 1.165) is 5.56 Å². The van der Waals surface area contributed by atoms with Gasteiger partial charge in [0.05, 0.1) is 16.3 Å². The predicted molar refractivity (Wildman–Crippen MR) is 68.3 cm³/mol. The first-order valence-corrected chi connectivity index (χ1v) is 5.64. The molecule has 0 bridgehead atoms. The normalized spacial score (nSPS) is 10.2. The minimum Gasteiger partial charge on any atom is -0.320 e. The van der Waals surface area contributed by atoms with Crippen molar-refractivity contribution in [2.75, 3.05) is 5.32 Å². The summed E-state index contributed by atoms with van der Waals surface area (Å²) in [5.74, 6) is -1.38. The Bertz CT molecular complexity index is 581. The molecule has 1 amide bonds. The Morgan fingerprint density at radius 3 is 2.78 bits per heavy atom. The first-order valence-electron chi connectivity index (χ1n) is 5.26. The van der Waals surface area contributed by atoms with Crippen LogP contribution in [0.4, 0.5) is 10.1 Å². The van der Waals surface area contributed by atoms with Gasteiger partial charge in [0.15, 0.2) is 0 Å². The maximum atomic E-state index is 13.3. The van der Waals surface area contributed by atoms with E-state index in [9.17, 15) is 9.18 Å². The van der Waals surface area contributed by atoms with Crippen molar-refractivity contribution >= 4 is 23.2 Å². The molecule has 0 aliphatic carbocycles. The highest BCUT2D eigenvalue weighted by Gasteiger charge is 2.14. The van der Waals surface area contributed by atoms with Crippen LogP contribution in [-0.4, -0.2) is 10.9 Å². The third kappa shape index (κ3) is 2.49. The fraction of sp³-hybridized carbons (Fsp3) is 0.0769. The van der Waals surface area contributed by atoms with Gasteiger partial charge in [-0.3, -0.25) is 4.79 Å². The zero-order valence-corrected chi connectivity index (χ0v) is 10.3. The lowest BCUT2D eigenvalue weighted by Gasteiger charge is -2.10. The molecule has 1 aromatic carbocycles. The van der Waals surface area contributed by atoms with E-state index in [1.165, 1.54) is 18.3 Å². The minimum atomic E-state index is -0.806. The van der Waals surface area contributed by atoms with Crippen molar-refractivity contribution in [2.24, 2.45) is 0 Å². The Balaban J connectivity index is 2.30. The number of rotatable bonds is 2. The Morgan fingerprint density at radius 1 is 1.33 bits per heavy atom. The third-order valence-electron chi connectivity index (χ3n) is 2.46. The van der Waals surface area contributed by atoms with Gasteiger partial charge in [0.1, 0.15) is 0 Å². The van der Waals surface area contributed by atoms with E-state index in [4.69, 9.17) is 11.6 Å². The average Bonchev–Trinajstić information content (AvgIpc) is 2.34. The Labute approximate surface area is 109 Å². The number of para-hydroxylation sites is 1. The van der Waals surface area contributed by atoms with Crippen molar-refractivity contribution in [3.05, 3.63) is 58.6 Å². The van der Waals surface area contributed by atoms with Crippen molar-refractivity contribution in [2.45, 2.75) is 6.92 Å². The number of aromatic nitrogens is 1. The molecule has 0 unspecified atom stereocenters. The number of benzene rings is 1. The molecule has 0 spiro atoms. The third-order valence-corrected chi connectivity index (χ3v) is 2.78. The zero-order valence-electron chi connectivity index (χ0n) is 9.58. The van der Waals surface area contributed by atoms with E-state index in [-0.39, 0.29) is 5.56 Å². The average molecular weight is 265 g/mol.